The van der Waals surface area contributed by atoms with E-state index in [1.807, 2.05) is 20.8 Å². The average Bonchev–Trinajstić information content (AvgIpc) is 2.84. The van der Waals surface area contributed by atoms with E-state index in [9.17, 15) is 5.11 Å². The van der Waals surface area contributed by atoms with E-state index >= 15 is 0 Å². The monoisotopic (exact) mass is 365 g/mol. The molecule has 144 valence electrons. The molecule has 0 fully saturated rings. The zero-order valence-electron chi connectivity index (χ0n) is 17.9. The van der Waals surface area contributed by atoms with Crippen molar-refractivity contribution in [3.8, 4) is 5.69 Å². The SMILES string of the molecule is CCC(O)(CC)c1nc(C)nc2c1c(C)c(C)n2-c1c(C)cc(C)cc1C. The summed E-state index contributed by atoms with van der Waals surface area (Å²) in [6, 6.07) is 4.43. The molecule has 0 aliphatic heterocycles. The van der Waals surface area contributed by atoms with Gasteiger partial charge in [-0.1, -0.05) is 31.5 Å². The molecule has 4 heteroatoms. The van der Waals surface area contributed by atoms with Crippen molar-refractivity contribution in [3.05, 3.63) is 51.6 Å². The van der Waals surface area contributed by atoms with Gasteiger partial charge in [0.2, 0.25) is 0 Å². The first-order valence-electron chi connectivity index (χ1n) is 9.81. The van der Waals surface area contributed by atoms with E-state index in [1.165, 1.54) is 22.4 Å². The second kappa shape index (κ2) is 6.75. The number of fused-ring (bicyclic) bond motifs is 1. The average molecular weight is 366 g/mol. The minimum absolute atomic E-state index is 0.626. The zero-order chi connectivity index (χ0) is 20.1. The molecule has 3 rings (SSSR count). The van der Waals surface area contributed by atoms with Gasteiger partial charge in [0.05, 0.1) is 11.4 Å². The van der Waals surface area contributed by atoms with Crippen molar-refractivity contribution in [1.82, 2.24) is 14.5 Å². The van der Waals surface area contributed by atoms with Crippen LogP contribution in [-0.2, 0) is 5.60 Å². The summed E-state index contributed by atoms with van der Waals surface area (Å²) in [6.45, 7) is 16.6. The number of aromatic nitrogens is 3. The second-order valence-electron chi connectivity index (χ2n) is 7.85. The summed E-state index contributed by atoms with van der Waals surface area (Å²) in [6.07, 6.45) is 1.25. The topological polar surface area (TPSA) is 50.9 Å². The Morgan fingerprint density at radius 1 is 0.926 bits per heavy atom. The molecule has 1 N–H and O–H groups in total. The lowest BCUT2D eigenvalue weighted by Crippen LogP contribution is -2.26. The number of hydrogen-bond donors (Lipinski definition) is 1. The van der Waals surface area contributed by atoms with Crippen molar-refractivity contribution >= 4 is 11.0 Å². The Kier molecular flexibility index (Phi) is 4.89. The maximum Gasteiger partial charge on any atom is 0.149 e. The van der Waals surface area contributed by atoms with E-state index in [-0.39, 0.29) is 0 Å². The Balaban J connectivity index is 2.49. The number of aliphatic hydroxyl groups is 1. The molecule has 2 aromatic heterocycles. The third-order valence-electron chi connectivity index (χ3n) is 5.94. The standard InChI is InChI=1S/C23H31N3O/c1-9-23(27,10-2)21-19-16(6)17(7)26(22(19)25-18(8)24-21)20-14(4)11-13(3)12-15(20)5/h11-12,27H,9-10H2,1-8H3. The number of benzene rings is 1. The van der Waals surface area contributed by atoms with Gasteiger partial charge < -0.3 is 5.11 Å². The number of hydrogen-bond acceptors (Lipinski definition) is 3. The van der Waals surface area contributed by atoms with Crippen LogP contribution in [0.3, 0.4) is 0 Å². The van der Waals surface area contributed by atoms with Crippen molar-refractivity contribution in [3.63, 3.8) is 0 Å². The van der Waals surface area contributed by atoms with Gasteiger partial charge in [-0.3, -0.25) is 4.57 Å². The summed E-state index contributed by atoms with van der Waals surface area (Å²) >= 11 is 0. The quantitative estimate of drug-likeness (QED) is 0.684. The Hall–Kier alpha value is -2.20. The number of aryl methyl sites for hydroxylation is 5. The highest BCUT2D eigenvalue weighted by molar-refractivity contribution is 5.87. The van der Waals surface area contributed by atoms with Gasteiger partial charge in [-0.25, -0.2) is 9.97 Å². The van der Waals surface area contributed by atoms with E-state index in [4.69, 9.17) is 9.97 Å². The number of rotatable bonds is 4. The van der Waals surface area contributed by atoms with Crippen LogP contribution in [0.15, 0.2) is 12.1 Å². The molecule has 0 saturated heterocycles. The van der Waals surface area contributed by atoms with Gasteiger partial charge in [-0.2, -0.15) is 0 Å². The van der Waals surface area contributed by atoms with Crippen LogP contribution >= 0.6 is 0 Å². The first kappa shape index (κ1) is 19.6. The lowest BCUT2D eigenvalue weighted by Gasteiger charge is -2.26. The maximum atomic E-state index is 11.3. The fraction of sp³-hybridized carbons (Fsp3) is 0.478. The highest BCUT2D eigenvalue weighted by Gasteiger charge is 2.32. The molecule has 0 unspecified atom stereocenters. The normalized spacial score (nSPS) is 12.2. The first-order chi connectivity index (χ1) is 12.6. The van der Waals surface area contributed by atoms with Crippen LogP contribution in [0.5, 0.6) is 0 Å². The predicted molar refractivity (Wildman–Crippen MR) is 112 cm³/mol. The molecule has 3 aromatic rings. The summed E-state index contributed by atoms with van der Waals surface area (Å²) < 4.78 is 2.25. The molecule has 4 nitrogen and oxygen atoms in total. The summed E-state index contributed by atoms with van der Waals surface area (Å²) in [5.41, 5.74) is 7.90. The largest absolute Gasteiger partial charge is 0.384 e. The maximum absolute atomic E-state index is 11.3. The summed E-state index contributed by atoms with van der Waals surface area (Å²) in [5.74, 6) is 0.694. The van der Waals surface area contributed by atoms with Gasteiger partial charge in [0.1, 0.15) is 17.1 Å². The van der Waals surface area contributed by atoms with E-state index < -0.39 is 5.60 Å². The fourth-order valence-electron chi connectivity index (χ4n) is 4.29. The van der Waals surface area contributed by atoms with Crippen LogP contribution in [0.25, 0.3) is 16.7 Å². The lowest BCUT2D eigenvalue weighted by molar-refractivity contribution is 0.0253. The second-order valence-corrected chi connectivity index (χ2v) is 7.85. The van der Waals surface area contributed by atoms with E-state index in [1.54, 1.807) is 0 Å². The molecule has 27 heavy (non-hydrogen) atoms. The summed E-state index contributed by atoms with van der Waals surface area (Å²) in [4.78, 5) is 9.53. The van der Waals surface area contributed by atoms with Crippen molar-refractivity contribution in [1.29, 1.82) is 0 Å². The van der Waals surface area contributed by atoms with Crippen LogP contribution < -0.4 is 0 Å². The lowest BCUT2D eigenvalue weighted by atomic mass is 9.90. The smallest absolute Gasteiger partial charge is 0.149 e. The van der Waals surface area contributed by atoms with Crippen molar-refractivity contribution in [2.45, 2.75) is 73.8 Å². The molecule has 2 heterocycles. The third-order valence-corrected chi connectivity index (χ3v) is 5.94. The number of nitrogens with zero attached hydrogens (tertiary/aromatic N) is 3. The predicted octanol–water partition coefficient (Wildman–Crippen LogP) is 5.28. The first-order valence-corrected chi connectivity index (χ1v) is 9.81. The molecular weight excluding hydrogens is 334 g/mol. The fourth-order valence-corrected chi connectivity index (χ4v) is 4.29. The Labute approximate surface area is 162 Å². The third kappa shape index (κ3) is 2.96. The molecular formula is C23H31N3O. The van der Waals surface area contributed by atoms with E-state index in [0.29, 0.717) is 18.7 Å². The zero-order valence-corrected chi connectivity index (χ0v) is 17.9. The van der Waals surface area contributed by atoms with Gasteiger partial charge in [-0.05, 0) is 71.1 Å². The molecule has 0 bridgehead atoms. The molecule has 0 atom stereocenters. The molecule has 0 saturated carbocycles. The minimum Gasteiger partial charge on any atom is -0.384 e. The Morgan fingerprint density at radius 2 is 1.48 bits per heavy atom. The van der Waals surface area contributed by atoms with E-state index in [0.717, 1.165) is 28.0 Å². The molecule has 0 spiro atoms. The van der Waals surface area contributed by atoms with Crippen LogP contribution in [0.4, 0.5) is 0 Å². The Bertz CT molecular complexity index is 1000. The summed E-state index contributed by atoms with van der Waals surface area (Å²) in [7, 11) is 0. The molecule has 0 amide bonds. The van der Waals surface area contributed by atoms with Crippen LogP contribution in [0, 0.1) is 41.5 Å². The molecule has 0 radical (unpaired) electrons. The van der Waals surface area contributed by atoms with Gasteiger partial charge in [0.25, 0.3) is 0 Å². The molecule has 0 aliphatic carbocycles. The van der Waals surface area contributed by atoms with Gasteiger partial charge in [-0.15, -0.1) is 0 Å². The van der Waals surface area contributed by atoms with Crippen molar-refractivity contribution < 1.29 is 5.11 Å². The van der Waals surface area contributed by atoms with Gasteiger partial charge >= 0.3 is 0 Å². The van der Waals surface area contributed by atoms with Crippen LogP contribution in [-0.4, -0.2) is 19.6 Å². The molecule has 1 aromatic carbocycles. The summed E-state index contributed by atoms with van der Waals surface area (Å²) in [5, 5.41) is 12.3. The molecule has 0 aliphatic rings. The van der Waals surface area contributed by atoms with Crippen molar-refractivity contribution in [2.24, 2.45) is 0 Å². The van der Waals surface area contributed by atoms with Crippen molar-refractivity contribution in [2.75, 3.05) is 0 Å². The highest BCUT2D eigenvalue weighted by Crippen LogP contribution is 2.38. The van der Waals surface area contributed by atoms with Crippen LogP contribution in [0.2, 0.25) is 0 Å². The minimum atomic E-state index is -0.938. The Morgan fingerprint density at radius 3 is 2.00 bits per heavy atom. The van der Waals surface area contributed by atoms with Crippen LogP contribution in [0.1, 0.15) is 66.2 Å². The van der Waals surface area contributed by atoms with E-state index in [2.05, 4.69) is 51.3 Å². The van der Waals surface area contributed by atoms with Gasteiger partial charge in [0, 0.05) is 11.1 Å². The highest BCUT2D eigenvalue weighted by atomic mass is 16.3. The van der Waals surface area contributed by atoms with Gasteiger partial charge in [0.15, 0.2) is 0 Å².